The summed E-state index contributed by atoms with van der Waals surface area (Å²) in [5.74, 6) is 0.154. The van der Waals surface area contributed by atoms with E-state index < -0.39 is 17.5 Å². The number of anilines is 1. The molecule has 188 valence electrons. The number of ether oxygens (including phenoxy) is 3. The molecule has 0 fully saturated rings. The molecular weight excluding hydrogens is 446 g/mol. The van der Waals surface area contributed by atoms with E-state index in [1.54, 1.807) is 42.5 Å². The van der Waals surface area contributed by atoms with Gasteiger partial charge in [0.05, 0.1) is 13.2 Å². The summed E-state index contributed by atoms with van der Waals surface area (Å²) in [5, 5.41) is 2.81. The monoisotopic (exact) mass is 481 g/mol. The van der Waals surface area contributed by atoms with Crippen molar-refractivity contribution < 1.29 is 28.6 Å². The van der Waals surface area contributed by atoms with E-state index in [1.807, 2.05) is 40.7 Å². The standard InChI is InChI=1S/C28H35NO6/c1-7-17-34-23-15-9-20(18-24(23)33-8-2)10-16-25(30)35-19(3)26(31)21-11-13-22(14-12-21)29-27(32)28(4,5)6/h9-16,18-19H,7-8,17H2,1-6H3,(H,29,32)/b16-10+/t19-/m1/s1. The third-order valence-corrected chi connectivity index (χ3v) is 4.91. The molecular formula is C28H35NO6. The predicted molar refractivity (Wildman–Crippen MR) is 137 cm³/mol. The highest BCUT2D eigenvalue weighted by molar-refractivity contribution is 6.01. The zero-order valence-corrected chi connectivity index (χ0v) is 21.3. The van der Waals surface area contributed by atoms with Gasteiger partial charge in [-0.1, -0.05) is 33.8 Å². The van der Waals surface area contributed by atoms with Gasteiger partial charge in [0.25, 0.3) is 0 Å². The van der Waals surface area contributed by atoms with E-state index in [1.165, 1.54) is 13.0 Å². The molecule has 0 radical (unpaired) electrons. The van der Waals surface area contributed by atoms with Crippen LogP contribution in [0.25, 0.3) is 6.08 Å². The van der Waals surface area contributed by atoms with Gasteiger partial charge >= 0.3 is 5.97 Å². The molecule has 2 aromatic carbocycles. The average Bonchev–Trinajstić information content (AvgIpc) is 2.81. The maximum Gasteiger partial charge on any atom is 0.331 e. The molecule has 0 aromatic heterocycles. The largest absolute Gasteiger partial charge is 0.490 e. The number of benzene rings is 2. The molecule has 2 aromatic rings. The van der Waals surface area contributed by atoms with Gasteiger partial charge < -0.3 is 19.5 Å². The fourth-order valence-corrected chi connectivity index (χ4v) is 2.93. The van der Waals surface area contributed by atoms with Gasteiger partial charge in [0.15, 0.2) is 17.6 Å². The van der Waals surface area contributed by atoms with Crippen LogP contribution in [-0.2, 0) is 14.3 Å². The SMILES string of the molecule is CCCOc1ccc(/C=C/C(=O)O[C@H](C)C(=O)c2ccc(NC(=O)C(C)(C)C)cc2)cc1OCC. The Morgan fingerprint density at radius 3 is 2.26 bits per heavy atom. The lowest BCUT2D eigenvalue weighted by molar-refractivity contribution is -0.140. The Morgan fingerprint density at radius 2 is 1.66 bits per heavy atom. The summed E-state index contributed by atoms with van der Waals surface area (Å²) in [5.41, 5.74) is 1.18. The molecule has 0 aliphatic heterocycles. The van der Waals surface area contributed by atoms with Gasteiger partial charge in [-0.05, 0) is 68.3 Å². The molecule has 7 nitrogen and oxygen atoms in total. The number of nitrogens with one attached hydrogen (secondary N) is 1. The Kier molecular flexibility index (Phi) is 10.1. The fourth-order valence-electron chi connectivity index (χ4n) is 2.93. The molecule has 1 N–H and O–H groups in total. The van der Waals surface area contributed by atoms with Gasteiger partial charge in [-0.15, -0.1) is 0 Å². The summed E-state index contributed by atoms with van der Waals surface area (Å²) in [6, 6.07) is 11.9. The van der Waals surface area contributed by atoms with Crippen molar-refractivity contribution in [3.63, 3.8) is 0 Å². The first kappa shape index (κ1) is 27.6. The Balaban J connectivity index is 1.98. The third kappa shape index (κ3) is 8.59. The van der Waals surface area contributed by atoms with Crippen LogP contribution in [-0.4, -0.2) is 37.0 Å². The molecule has 2 rings (SSSR count). The van der Waals surface area contributed by atoms with Crippen LogP contribution in [0.15, 0.2) is 48.5 Å². The molecule has 0 heterocycles. The molecule has 0 bridgehead atoms. The van der Waals surface area contributed by atoms with E-state index in [4.69, 9.17) is 14.2 Å². The maximum atomic E-state index is 12.7. The number of hydrogen-bond donors (Lipinski definition) is 1. The minimum Gasteiger partial charge on any atom is -0.490 e. The lowest BCUT2D eigenvalue weighted by atomic mass is 9.95. The van der Waals surface area contributed by atoms with Crippen LogP contribution in [0.5, 0.6) is 11.5 Å². The Morgan fingerprint density at radius 1 is 0.971 bits per heavy atom. The van der Waals surface area contributed by atoms with Crippen molar-refractivity contribution in [2.24, 2.45) is 5.41 Å². The molecule has 7 heteroatoms. The van der Waals surface area contributed by atoms with Crippen LogP contribution < -0.4 is 14.8 Å². The smallest absolute Gasteiger partial charge is 0.331 e. The van der Waals surface area contributed by atoms with Gasteiger partial charge in [-0.3, -0.25) is 9.59 Å². The van der Waals surface area contributed by atoms with E-state index in [9.17, 15) is 14.4 Å². The molecule has 35 heavy (non-hydrogen) atoms. The van der Waals surface area contributed by atoms with Crippen molar-refractivity contribution in [2.45, 2.75) is 54.1 Å². The molecule has 0 aliphatic rings. The topological polar surface area (TPSA) is 90.9 Å². The number of Topliss-reactive ketones (excluding diaryl/α,β-unsaturated/α-hetero) is 1. The van der Waals surface area contributed by atoms with E-state index in [-0.39, 0.29) is 11.7 Å². The normalized spacial score (nSPS) is 12.2. The molecule has 0 saturated heterocycles. The zero-order valence-electron chi connectivity index (χ0n) is 21.3. The second-order valence-electron chi connectivity index (χ2n) is 9.05. The van der Waals surface area contributed by atoms with Gasteiger partial charge in [-0.25, -0.2) is 4.79 Å². The zero-order chi connectivity index (χ0) is 26.0. The first-order chi connectivity index (χ1) is 16.5. The number of rotatable bonds is 11. The summed E-state index contributed by atoms with van der Waals surface area (Å²) in [4.78, 5) is 37.1. The van der Waals surface area contributed by atoms with Crippen molar-refractivity contribution >= 4 is 29.4 Å². The van der Waals surface area contributed by atoms with Crippen LogP contribution in [0.3, 0.4) is 0 Å². The highest BCUT2D eigenvalue weighted by Gasteiger charge is 2.22. The number of amides is 1. The van der Waals surface area contributed by atoms with Gasteiger partial charge in [-0.2, -0.15) is 0 Å². The summed E-state index contributed by atoms with van der Waals surface area (Å²) in [6.45, 7) is 12.0. The van der Waals surface area contributed by atoms with Gasteiger partial charge in [0.1, 0.15) is 0 Å². The Hall–Kier alpha value is -3.61. The minimum absolute atomic E-state index is 0.123. The van der Waals surface area contributed by atoms with E-state index >= 15 is 0 Å². The highest BCUT2D eigenvalue weighted by Crippen LogP contribution is 2.29. The van der Waals surface area contributed by atoms with Crippen molar-refractivity contribution in [1.29, 1.82) is 0 Å². The summed E-state index contributed by atoms with van der Waals surface area (Å²) < 4.78 is 16.6. The Bertz CT molecular complexity index is 1050. The van der Waals surface area contributed by atoms with Crippen LogP contribution >= 0.6 is 0 Å². The van der Waals surface area contributed by atoms with Crippen molar-refractivity contribution in [2.75, 3.05) is 18.5 Å². The summed E-state index contributed by atoms with van der Waals surface area (Å²) >= 11 is 0. The fraction of sp³-hybridized carbons (Fsp3) is 0.393. The number of esters is 1. The van der Waals surface area contributed by atoms with Crippen LogP contribution in [0.1, 0.15) is 63.9 Å². The van der Waals surface area contributed by atoms with Crippen molar-refractivity contribution in [3.8, 4) is 11.5 Å². The van der Waals surface area contributed by atoms with Crippen LogP contribution in [0.4, 0.5) is 5.69 Å². The summed E-state index contributed by atoms with van der Waals surface area (Å²) in [7, 11) is 0. The van der Waals surface area contributed by atoms with Gasteiger partial charge in [0.2, 0.25) is 11.7 Å². The van der Waals surface area contributed by atoms with E-state index in [0.717, 1.165) is 12.0 Å². The molecule has 0 unspecified atom stereocenters. The predicted octanol–water partition coefficient (Wildman–Crippen LogP) is 5.69. The molecule has 1 atom stereocenters. The lowest BCUT2D eigenvalue weighted by Gasteiger charge is -2.18. The highest BCUT2D eigenvalue weighted by atomic mass is 16.5. The second kappa shape index (κ2) is 12.7. The lowest BCUT2D eigenvalue weighted by Crippen LogP contribution is -2.27. The number of carbonyl (C=O) groups excluding carboxylic acids is 3. The second-order valence-corrected chi connectivity index (χ2v) is 9.05. The van der Waals surface area contributed by atoms with Crippen LogP contribution in [0.2, 0.25) is 0 Å². The first-order valence-electron chi connectivity index (χ1n) is 11.8. The average molecular weight is 482 g/mol. The molecule has 1 amide bonds. The molecule has 0 spiro atoms. The first-order valence-corrected chi connectivity index (χ1v) is 11.8. The van der Waals surface area contributed by atoms with E-state index in [2.05, 4.69) is 5.32 Å². The third-order valence-electron chi connectivity index (χ3n) is 4.91. The van der Waals surface area contributed by atoms with Gasteiger partial charge in [0, 0.05) is 22.7 Å². The summed E-state index contributed by atoms with van der Waals surface area (Å²) in [6.07, 6.45) is 2.78. The van der Waals surface area contributed by atoms with Crippen molar-refractivity contribution in [3.05, 3.63) is 59.7 Å². The Labute approximate surface area is 207 Å². The maximum absolute atomic E-state index is 12.7. The number of ketones is 1. The quantitative estimate of drug-likeness (QED) is 0.252. The number of hydrogen-bond acceptors (Lipinski definition) is 6. The molecule has 0 aliphatic carbocycles. The minimum atomic E-state index is -0.967. The van der Waals surface area contributed by atoms with Crippen molar-refractivity contribution in [1.82, 2.24) is 0 Å². The molecule has 0 saturated carbocycles. The van der Waals surface area contributed by atoms with Crippen LogP contribution in [0, 0.1) is 5.41 Å². The number of carbonyl (C=O) groups is 3. The van der Waals surface area contributed by atoms with E-state index in [0.29, 0.717) is 36.0 Å².